The molecule has 0 aliphatic rings. The molecule has 2 aromatic rings. The Labute approximate surface area is 167 Å². The fraction of sp³-hybridized carbons (Fsp3) is 0.238. The van der Waals surface area contributed by atoms with Gasteiger partial charge in [0.05, 0.1) is 34.9 Å². The van der Waals surface area contributed by atoms with Crippen molar-refractivity contribution in [2.24, 2.45) is 0 Å². The van der Waals surface area contributed by atoms with Gasteiger partial charge in [0, 0.05) is 0 Å². The molecule has 0 radical (unpaired) electrons. The lowest BCUT2D eigenvalue weighted by Crippen LogP contribution is -2.11. The van der Waals surface area contributed by atoms with Gasteiger partial charge in [-0.25, -0.2) is 4.79 Å². The summed E-state index contributed by atoms with van der Waals surface area (Å²) in [6.45, 7) is 4.02. The summed E-state index contributed by atoms with van der Waals surface area (Å²) in [5.41, 5.74) is 1.98. The van der Waals surface area contributed by atoms with Gasteiger partial charge in [0.1, 0.15) is 0 Å². The van der Waals surface area contributed by atoms with Crippen LogP contribution in [0.2, 0.25) is 0 Å². The van der Waals surface area contributed by atoms with E-state index in [1.165, 1.54) is 12.1 Å². The van der Waals surface area contributed by atoms with Gasteiger partial charge in [-0.15, -0.1) is 0 Å². The first-order chi connectivity index (χ1) is 12.9. The number of hydrogen-bond acceptors (Lipinski definition) is 4. The molecule has 0 aliphatic carbocycles. The monoisotopic (exact) mass is 429 g/mol. The number of carbonyl (C=O) groups is 1. The van der Waals surface area contributed by atoms with E-state index in [0.717, 1.165) is 16.5 Å². The van der Waals surface area contributed by atoms with Gasteiger partial charge in [-0.1, -0.05) is 19.1 Å². The summed E-state index contributed by atoms with van der Waals surface area (Å²) < 4.78 is 12.1. The van der Waals surface area contributed by atoms with Crippen molar-refractivity contribution in [2.45, 2.75) is 26.4 Å². The quantitative estimate of drug-likeness (QED) is 0.470. The Balaban J connectivity index is 2.42. The van der Waals surface area contributed by atoms with Gasteiger partial charge < -0.3 is 14.6 Å². The highest BCUT2D eigenvalue weighted by atomic mass is 79.9. The Bertz CT molecular complexity index is 898. The van der Waals surface area contributed by atoms with Crippen molar-refractivity contribution in [3.05, 3.63) is 57.6 Å². The molecule has 0 aliphatic heterocycles. The Morgan fingerprint density at radius 3 is 2.44 bits per heavy atom. The van der Waals surface area contributed by atoms with Crippen LogP contribution in [0, 0.1) is 11.3 Å². The number of allylic oxidation sites excluding steroid dienone is 1. The number of ether oxygens (including phenoxy) is 2. The average Bonchev–Trinajstić information content (AvgIpc) is 2.67. The second-order valence-electron chi connectivity index (χ2n) is 5.92. The molecule has 0 spiro atoms. The third-order valence-corrected chi connectivity index (χ3v) is 4.61. The third-order valence-electron chi connectivity index (χ3n) is 4.02. The maximum atomic E-state index is 11.0. The van der Waals surface area contributed by atoms with E-state index in [-0.39, 0.29) is 11.7 Å². The van der Waals surface area contributed by atoms with Crippen molar-refractivity contribution in [3.63, 3.8) is 0 Å². The first kappa shape index (κ1) is 20.5. The van der Waals surface area contributed by atoms with Crippen LogP contribution in [0.3, 0.4) is 0 Å². The number of halogens is 1. The molecule has 0 saturated heterocycles. The number of benzene rings is 2. The Hall–Kier alpha value is -2.78. The summed E-state index contributed by atoms with van der Waals surface area (Å²) in [5.74, 6) is 0.178. The van der Waals surface area contributed by atoms with Crippen LogP contribution < -0.4 is 9.47 Å². The molecular formula is C21H20BrNO4. The predicted octanol–water partition coefficient (Wildman–Crippen LogP) is 5.40. The number of hydrogen-bond donors (Lipinski definition) is 1. The van der Waals surface area contributed by atoms with Crippen LogP contribution in [0.1, 0.15) is 41.8 Å². The van der Waals surface area contributed by atoms with Crippen LogP contribution in [0.4, 0.5) is 0 Å². The maximum Gasteiger partial charge on any atom is 0.335 e. The lowest BCUT2D eigenvalue weighted by atomic mass is 10.0. The summed E-state index contributed by atoms with van der Waals surface area (Å²) in [6, 6.07) is 12.0. The summed E-state index contributed by atoms with van der Waals surface area (Å²) in [5, 5.41) is 18.5. The van der Waals surface area contributed by atoms with E-state index < -0.39 is 5.97 Å². The van der Waals surface area contributed by atoms with E-state index in [1.54, 1.807) is 31.4 Å². The molecule has 0 heterocycles. The highest BCUT2D eigenvalue weighted by Gasteiger charge is 2.14. The summed E-state index contributed by atoms with van der Waals surface area (Å²) in [7, 11) is 1.56. The van der Waals surface area contributed by atoms with Crippen molar-refractivity contribution in [2.75, 3.05) is 7.11 Å². The SMILES string of the molecule is CC[C@@H](C)Oc1c(Br)cc(/C=C(/C#N)c2ccc(C(=O)O)cc2)cc1OC. The lowest BCUT2D eigenvalue weighted by Gasteiger charge is -2.17. The molecule has 0 unspecified atom stereocenters. The van der Waals surface area contributed by atoms with E-state index in [9.17, 15) is 10.1 Å². The molecule has 2 rings (SSSR count). The smallest absolute Gasteiger partial charge is 0.335 e. The fourth-order valence-electron chi connectivity index (χ4n) is 2.36. The molecule has 1 N–H and O–H groups in total. The van der Waals surface area contributed by atoms with Crippen molar-refractivity contribution in [1.82, 2.24) is 0 Å². The number of nitriles is 1. The second-order valence-corrected chi connectivity index (χ2v) is 6.78. The molecule has 0 bridgehead atoms. The largest absolute Gasteiger partial charge is 0.493 e. The van der Waals surface area contributed by atoms with E-state index in [4.69, 9.17) is 14.6 Å². The number of aromatic carboxylic acids is 1. The zero-order valence-electron chi connectivity index (χ0n) is 15.3. The first-order valence-corrected chi connectivity index (χ1v) is 9.18. The Morgan fingerprint density at radius 1 is 1.30 bits per heavy atom. The minimum absolute atomic E-state index is 0.0408. The maximum absolute atomic E-state index is 11.0. The number of methoxy groups -OCH3 is 1. The molecule has 140 valence electrons. The van der Waals surface area contributed by atoms with E-state index in [1.807, 2.05) is 19.9 Å². The third kappa shape index (κ3) is 5.11. The molecule has 2 aromatic carbocycles. The summed E-state index contributed by atoms with van der Waals surface area (Å²) in [4.78, 5) is 11.0. The van der Waals surface area contributed by atoms with Gasteiger partial charge in [-0.3, -0.25) is 0 Å². The van der Waals surface area contributed by atoms with Crippen LogP contribution in [0.25, 0.3) is 11.6 Å². The van der Waals surface area contributed by atoms with E-state index in [2.05, 4.69) is 22.0 Å². The van der Waals surface area contributed by atoms with Crippen LogP contribution in [0.15, 0.2) is 40.9 Å². The van der Waals surface area contributed by atoms with Crippen molar-refractivity contribution in [3.8, 4) is 17.6 Å². The first-order valence-electron chi connectivity index (χ1n) is 8.39. The van der Waals surface area contributed by atoms with Gasteiger partial charge >= 0.3 is 5.97 Å². The number of carboxylic acids is 1. The zero-order valence-corrected chi connectivity index (χ0v) is 16.9. The van der Waals surface area contributed by atoms with Gasteiger partial charge in [0.25, 0.3) is 0 Å². The molecule has 0 amide bonds. The molecule has 0 saturated carbocycles. The number of carboxylic acid groups (broad SMARTS) is 1. The van der Waals surface area contributed by atoms with Crippen molar-refractivity contribution < 1.29 is 19.4 Å². The summed E-state index contributed by atoms with van der Waals surface area (Å²) in [6.07, 6.45) is 2.62. The molecule has 0 aromatic heterocycles. The highest BCUT2D eigenvalue weighted by Crippen LogP contribution is 2.38. The van der Waals surface area contributed by atoms with Gasteiger partial charge in [-0.05, 0) is 70.7 Å². The van der Waals surface area contributed by atoms with E-state index in [0.29, 0.717) is 22.6 Å². The molecule has 5 nitrogen and oxygen atoms in total. The molecule has 1 atom stereocenters. The average molecular weight is 430 g/mol. The fourth-order valence-corrected chi connectivity index (χ4v) is 2.91. The zero-order chi connectivity index (χ0) is 20.0. The highest BCUT2D eigenvalue weighted by molar-refractivity contribution is 9.10. The Kier molecular flexibility index (Phi) is 7.03. The second kappa shape index (κ2) is 9.24. The van der Waals surface area contributed by atoms with Crippen LogP contribution in [0.5, 0.6) is 11.5 Å². The standard InChI is InChI=1S/C21H20BrNO4/c1-4-13(2)27-20-18(22)10-14(11-19(20)26-3)9-17(12-23)15-5-7-16(8-6-15)21(24)25/h5-11,13H,4H2,1-3H3,(H,24,25)/b17-9-/t13-/m1/s1. The molecular weight excluding hydrogens is 410 g/mol. The number of rotatable bonds is 7. The minimum Gasteiger partial charge on any atom is -0.493 e. The minimum atomic E-state index is -1.00. The van der Waals surface area contributed by atoms with Crippen LogP contribution >= 0.6 is 15.9 Å². The van der Waals surface area contributed by atoms with Gasteiger partial charge in [0.15, 0.2) is 11.5 Å². The molecule has 6 heteroatoms. The van der Waals surface area contributed by atoms with Gasteiger partial charge in [-0.2, -0.15) is 5.26 Å². The lowest BCUT2D eigenvalue weighted by molar-refractivity contribution is 0.0697. The van der Waals surface area contributed by atoms with Gasteiger partial charge in [0.2, 0.25) is 0 Å². The van der Waals surface area contributed by atoms with E-state index >= 15 is 0 Å². The molecule has 0 fully saturated rings. The normalized spacial score (nSPS) is 12.2. The van der Waals surface area contributed by atoms with Crippen molar-refractivity contribution >= 4 is 33.5 Å². The number of nitrogens with zero attached hydrogens (tertiary/aromatic N) is 1. The summed E-state index contributed by atoms with van der Waals surface area (Å²) >= 11 is 3.51. The van der Waals surface area contributed by atoms with Crippen LogP contribution in [-0.4, -0.2) is 24.3 Å². The Morgan fingerprint density at radius 2 is 1.93 bits per heavy atom. The predicted molar refractivity (Wildman–Crippen MR) is 108 cm³/mol. The topological polar surface area (TPSA) is 79.5 Å². The van der Waals surface area contributed by atoms with Crippen LogP contribution in [-0.2, 0) is 0 Å². The van der Waals surface area contributed by atoms with Crippen molar-refractivity contribution in [1.29, 1.82) is 5.26 Å². The molecule has 27 heavy (non-hydrogen) atoms.